The SMILES string of the molecule is C=CC(=O)CCNC(=O)c1ccc(N=Nc2ccc(N(C)C)cc2)cc1. The molecule has 2 aromatic carbocycles. The summed E-state index contributed by atoms with van der Waals surface area (Å²) in [5, 5.41) is 11.1. The number of ketones is 1. The molecule has 0 aliphatic heterocycles. The zero-order chi connectivity index (χ0) is 18.9. The van der Waals surface area contributed by atoms with Gasteiger partial charge in [-0.25, -0.2) is 0 Å². The molecule has 1 N–H and O–H groups in total. The number of rotatable bonds is 8. The molecule has 0 radical (unpaired) electrons. The zero-order valence-corrected chi connectivity index (χ0v) is 15.0. The minimum Gasteiger partial charge on any atom is -0.378 e. The molecule has 26 heavy (non-hydrogen) atoms. The summed E-state index contributed by atoms with van der Waals surface area (Å²) >= 11 is 0. The summed E-state index contributed by atoms with van der Waals surface area (Å²) in [7, 11) is 3.96. The van der Waals surface area contributed by atoms with Crippen LogP contribution in [0.3, 0.4) is 0 Å². The van der Waals surface area contributed by atoms with E-state index >= 15 is 0 Å². The van der Waals surface area contributed by atoms with Crippen LogP contribution < -0.4 is 10.2 Å². The van der Waals surface area contributed by atoms with Crippen LogP contribution in [0.15, 0.2) is 71.4 Å². The Balaban J connectivity index is 1.93. The molecular formula is C20H22N4O2. The third-order valence-corrected chi connectivity index (χ3v) is 3.66. The molecule has 2 aromatic rings. The number of anilines is 1. The summed E-state index contributed by atoms with van der Waals surface area (Å²) in [5.41, 5.74) is 3.00. The molecule has 0 aromatic heterocycles. The van der Waals surface area contributed by atoms with Crippen molar-refractivity contribution in [2.24, 2.45) is 10.2 Å². The lowest BCUT2D eigenvalue weighted by atomic mass is 10.2. The van der Waals surface area contributed by atoms with Gasteiger partial charge in [0, 0.05) is 38.3 Å². The molecular weight excluding hydrogens is 328 g/mol. The molecule has 0 saturated carbocycles. The number of hydrogen-bond donors (Lipinski definition) is 1. The molecule has 134 valence electrons. The Kier molecular flexibility index (Phi) is 6.79. The van der Waals surface area contributed by atoms with E-state index in [9.17, 15) is 9.59 Å². The van der Waals surface area contributed by atoms with Crippen molar-refractivity contribution in [3.05, 3.63) is 66.7 Å². The Bertz CT molecular complexity index is 794. The van der Waals surface area contributed by atoms with E-state index in [4.69, 9.17) is 0 Å². The van der Waals surface area contributed by atoms with E-state index in [1.165, 1.54) is 6.08 Å². The van der Waals surface area contributed by atoms with E-state index in [0.29, 0.717) is 11.3 Å². The molecule has 0 spiro atoms. The topological polar surface area (TPSA) is 74.1 Å². The number of nitrogens with one attached hydrogen (secondary N) is 1. The van der Waals surface area contributed by atoms with Crippen molar-refractivity contribution >= 4 is 28.8 Å². The number of benzene rings is 2. The van der Waals surface area contributed by atoms with Crippen molar-refractivity contribution in [3.8, 4) is 0 Å². The molecule has 0 atom stereocenters. The third kappa shape index (κ3) is 5.66. The Morgan fingerprint density at radius 3 is 2.04 bits per heavy atom. The summed E-state index contributed by atoms with van der Waals surface area (Å²) < 4.78 is 0. The maximum absolute atomic E-state index is 12.0. The van der Waals surface area contributed by atoms with Gasteiger partial charge in [-0.2, -0.15) is 10.2 Å². The Labute approximate surface area is 153 Å². The summed E-state index contributed by atoms with van der Waals surface area (Å²) in [5.74, 6) is -0.329. The largest absolute Gasteiger partial charge is 0.378 e. The van der Waals surface area contributed by atoms with Gasteiger partial charge in [0.1, 0.15) is 0 Å². The summed E-state index contributed by atoms with van der Waals surface area (Å²) in [4.78, 5) is 25.1. The average molecular weight is 350 g/mol. The van der Waals surface area contributed by atoms with Gasteiger partial charge in [0.05, 0.1) is 11.4 Å². The van der Waals surface area contributed by atoms with Crippen LogP contribution in [0.4, 0.5) is 17.1 Å². The molecule has 6 nitrogen and oxygen atoms in total. The standard InChI is InChI=1S/C20H22N4O2/c1-4-19(25)13-14-21-20(26)15-5-7-16(8-6-15)22-23-17-9-11-18(12-10-17)24(2)3/h4-12H,1,13-14H2,2-3H3,(H,21,26). The van der Waals surface area contributed by atoms with Crippen LogP contribution in [0.5, 0.6) is 0 Å². The molecule has 0 aliphatic carbocycles. The highest BCUT2D eigenvalue weighted by atomic mass is 16.1. The second-order valence-electron chi connectivity index (χ2n) is 5.83. The van der Waals surface area contributed by atoms with Crippen LogP contribution in [-0.2, 0) is 4.79 Å². The van der Waals surface area contributed by atoms with Gasteiger partial charge in [-0.05, 0) is 54.6 Å². The lowest BCUT2D eigenvalue weighted by Gasteiger charge is -2.11. The molecule has 0 bridgehead atoms. The molecule has 2 rings (SSSR count). The first-order valence-electron chi connectivity index (χ1n) is 8.22. The van der Waals surface area contributed by atoms with E-state index in [1.807, 2.05) is 43.3 Å². The fourth-order valence-electron chi connectivity index (χ4n) is 2.12. The van der Waals surface area contributed by atoms with Crippen molar-refractivity contribution < 1.29 is 9.59 Å². The number of carbonyl (C=O) groups excluding carboxylic acids is 2. The maximum atomic E-state index is 12.0. The monoisotopic (exact) mass is 350 g/mol. The van der Waals surface area contributed by atoms with Crippen molar-refractivity contribution in [2.45, 2.75) is 6.42 Å². The summed E-state index contributed by atoms with van der Waals surface area (Å²) in [6.07, 6.45) is 1.49. The van der Waals surface area contributed by atoms with Crippen LogP contribution in [0.25, 0.3) is 0 Å². The molecule has 0 fully saturated rings. The van der Waals surface area contributed by atoms with E-state index in [0.717, 1.165) is 11.4 Å². The average Bonchev–Trinajstić information content (AvgIpc) is 2.66. The highest BCUT2D eigenvalue weighted by Crippen LogP contribution is 2.21. The molecule has 0 unspecified atom stereocenters. The highest BCUT2D eigenvalue weighted by molar-refractivity contribution is 5.95. The van der Waals surface area contributed by atoms with Crippen LogP contribution in [0.2, 0.25) is 0 Å². The third-order valence-electron chi connectivity index (χ3n) is 3.66. The predicted octanol–water partition coefficient (Wildman–Crippen LogP) is 4.04. The highest BCUT2D eigenvalue weighted by Gasteiger charge is 2.05. The minimum absolute atomic E-state index is 0.0975. The first kappa shape index (κ1) is 19.1. The number of allylic oxidation sites excluding steroid dienone is 1. The summed E-state index contributed by atoms with van der Waals surface area (Å²) in [6.45, 7) is 3.68. The fourth-order valence-corrected chi connectivity index (χ4v) is 2.12. The predicted molar refractivity (Wildman–Crippen MR) is 104 cm³/mol. The normalized spacial score (nSPS) is 10.5. The maximum Gasteiger partial charge on any atom is 0.251 e. The van der Waals surface area contributed by atoms with E-state index < -0.39 is 0 Å². The number of amides is 1. The van der Waals surface area contributed by atoms with Crippen LogP contribution in [0.1, 0.15) is 16.8 Å². The number of carbonyl (C=O) groups is 2. The zero-order valence-electron chi connectivity index (χ0n) is 15.0. The molecule has 0 aliphatic rings. The van der Waals surface area contributed by atoms with Crippen LogP contribution in [-0.4, -0.2) is 32.3 Å². The quantitative estimate of drug-likeness (QED) is 0.577. The molecule has 6 heteroatoms. The van der Waals surface area contributed by atoms with Gasteiger partial charge in [0.15, 0.2) is 5.78 Å². The smallest absolute Gasteiger partial charge is 0.251 e. The van der Waals surface area contributed by atoms with Crippen LogP contribution >= 0.6 is 0 Å². The van der Waals surface area contributed by atoms with Gasteiger partial charge in [-0.1, -0.05) is 6.58 Å². The van der Waals surface area contributed by atoms with Gasteiger partial charge in [-0.3, -0.25) is 9.59 Å². The van der Waals surface area contributed by atoms with E-state index in [2.05, 4.69) is 22.1 Å². The first-order chi connectivity index (χ1) is 12.5. The number of nitrogens with zero attached hydrogens (tertiary/aromatic N) is 3. The Morgan fingerprint density at radius 1 is 1.00 bits per heavy atom. The fraction of sp³-hybridized carbons (Fsp3) is 0.200. The number of azo groups is 1. The molecule has 1 amide bonds. The van der Waals surface area contributed by atoms with E-state index in [1.54, 1.807) is 24.3 Å². The minimum atomic E-state index is -0.232. The Morgan fingerprint density at radius 2 is 1.54 bits per heavy atom. The van der Waals surface area contributed by atoms with Crippen molar-refractivity contribution in [2.75, 3.05) is 25.5 Å². The van der Waals surface area contributed by atoms with Gasteiger partial charge >= 0.3 is 0 Å². The second kappa shape index (κ2) is 9.27. The molecule has 0 heterocycles. The first-order valence-corrected chi connectivity index (χ1v) is 8.22. The van der Waals surface area contributed by atoms with E-state index in [-0.39, 0.29) is 24.7 Å². The van der Waals surface area contributed by atoms with Crippen molar-refractivity contribution in [1.82, 2.24) is 5.32 Å². The molecule has 0 saturated heterocycles. The van der Waals surface area contributed by atoms with Crippen molar-refractivity contribution in [3.63, 3.8) is 0 Å². The second-order valence-corrected chi connectivity index (χ2v) is 5.83. The van der Waals surface area contributed by atoms with Gasteiger partial charge in [-0.15, -0.1) is 0 Å². The number of hydrogen-bond acceptors (Lipinski definition) is 5. The summed E-state index contributed by atoms with van der Waals surface area (Å²) in [6, 6.07) is 14.5. The van der Waals surface area contributed by atoms with Gasteiger partial charge in [0.2, 0.25) is 0 Å². The van der Waals surface area contributed by atoms with Gasteiger partial charge in [0.25, 0.3) is 5.91 Å². The lowest BCUT2D eigenvalue weighted by Crippen LogP contribution is -2.25. The van der Waals surface area contributed by atoms with Crippen LogP contribution in [0, 0.1) is 0 Å². The Hall–Kier alpha value is -3.28. The van der Waals surface area contributed by atoms with Crippen molar-refractivity contribution in [1.29, 1.82) is 0 Å². The van der Waals surface area contributed by atoms with Gasteiger partial charge < -0.3 is 10.2 Å². The lowest BCUT2D eigenvalue weighted by molar-refractivity contribution is -0.114.